The first kappa shape index (κ1) is 30.6. The van der Waals surface area contributed by atoms with Crippen molar-refractivity contribution in [1.29, 1.82) is 0 Å². The third-order valence-corrected chi connectivity index (χ3v) is 7.28. The van der Waals surface area contributed by atoms with Crippen LogP contribution < -0.4 is 28.9 Å². The van der Waals surface area contributed by atoms with Gasteiger partial charge in [0.2, 0.25) is 20.9 Å². The summed E-state index contributed by atoms with van der Waals surface area (Å²) in [7, 11) is 3.59. The number of para-hydroxylation sites is 2. The van der Waals surface area contributed by atoms with Crippen LogP contribution in [0.25, 0.3) is 11.0 Å². The molecular formula is C31H29N8O5S+. The fraction of sp³-hybridized carbons (Fsp3) is 0.129. The minimum atomic E-state index is -3.27. The zero-order valence-corrected chi connectivity index (χ0v) is 25.7. The summed E-state index contributed by atoms with van der Waals surface area (Å²) >= 11 is 0. The van der Waals surface area contributed by atoms with Crippen LogP contribution in [0.2, 0.25) is 0 Å². The number of carbonyl (C=O) groups is 1. The fourth-order valence-corrected chi connectivity index (χ4v) is 4.90. The number of methoxy groups -OCH3 is 2. The summed E-state index contributed by atoms with van der Waals surface area (Å²) in [6, 6.07) is 25.4. The van der Waals surface area contributed by atoms with E-state index in [0.29, 0.717) is 33.8 Å². The van der Waals surface area contributed by atoms with Gasteiger partial charge in [-0.2, -0.15) is 0 Å². The highest BCUT2D eigenvalue weighted by Gasteiger charge is 2.22. The summed E-state index contributed by atoms with van der Waals surface area (Å²) in [5.74, 6) is 0.650. The number of rotatable bonds is 10. The third kappa shape index (κ3) is 7.21. The summed E-state index contributed by atoms with van der Waals surface area (Å²) in [5.41, 5.74) is 3.32. The van der Waals surface area contributed by atoms with E-state index >= 15 is 0 Å². The Hall–Kier alpha value is -5.85. The van der Waals surface area contributed by atoms with Gasteiger partial charge in [-0.3, -0.25) is 4.79 Å². The third-order valence-electron chi connectivity index (χ3n) is 6.53. The van der Waals surface area contributed by atoms with Crippen LogP contribution in [0.3, 0.4) is 0 Å². The van der Waals surface area contributed by atoms with Gasteiger partial charge in [0.15, 0.2) is 22.4 Å². The van der Waals surface area contributed by atoms with Crippen molar-refractivity contribution in [2.45, 2.75) is 0 Å². The molecule has 5 rings (SSSR count). The molecule has 4 aromatic carbocycles. The number of thiol groups is 1. The summed E-state index contributed by atoms with van der Waals surface area (Å²) in [5, 5.41) is 10.9. The number of nitrogens with zero attached hydrogens (tertiary/aromatic N) is 7. The molecule has 0 bridgehead atoms. The van der Waals surface area contributed by atoms with E-state index in [2.05, 4.69) is 30.4 Å². The molecule has 45 heavy (non-hydrogen) atoms. The van der Waals surface area contributed by atoms with Crippen molar-refractivity contribution in [1.82, 2.24) is 14.9 Å². The van der Waals surface area contributed by atoms with Gasteiger partial charge in [0.05, 0.1) is 30.9 Å². The fourth-order valence-electron chi connectivity index (χ4n) is 4.29. The molecule has 5 aromatic rings. The zero-order valence-electron chi connectivity index (χ0n) is 24.8. The largest absolute Gasteiger partial charge is 0.497 e. The number of carbonyl (C=O) groups excluding carboxylic acids is 1. The Morgan fingerprint density at radius 1 is 0.822 bits per heavy atom. The monoisotopic (exact) mass is 625 g/mol. The van der Waals surface area contributed by atoms with Crippen molar-refractivity contribution in [2.75, 3.05) is 42.8 Å². The highest BCUT2D eigenvalue weighted by atomic mass is 32.2. The van der Waals surface area contributed by atoms with Crippen molar-refractivity contribution in [3.05, 3.63) is 96.6 Å². The number of anilines is 5. The lowest BCUT2D eigenvalue weighted by Gasteiger charge is -2.20. The Kier molecular flexibility index (Phi) is 9.27. The van der Waals surface area contributed by atoms with E-state index in [1.165, 1.54) is 20.3 Å². The molecule has 0 saturated heterocycles. The lowest BCUT2D eigenvalue weighted by Crippen LogP contribution is -2.18. The second-order valence-electron chi connectivity index (χ2n) is 9.72. The van der Waals surface area contributed by atoms with Crippen LogP contribution in [-0.2, 0) is 10.9 Å². The van der Waals surface area contributed by atoms with Gasteiger partial charge in [-0.25, -0.2) is 22.7 Å². The molecule has 1 heterocycles. The minimum absolute atomic E-state index is 0.0155. The molecule has 0 spiro atoms. The number of ether oxygens (including phenoxy) is 2. The lowest BCUT2D eigenvalue weighted by atomic mass is 10.2. The molecule has 0 saturated carbocycles. The summed E-state index contributed by atoms with van der Waals surface area (Å²) in [6.45, 7) is 0. The van der Waals surface area contributed by atoms with E-state index < -0.39 is 16.8 Å². The van der Waals surface area contributed by atoms with E-state index in [1.54, 1.807) is 78.9 Å². The van der Waals surface area contributed by atoms with Crippen molar-refractivity contribution >= 4 is 62.2 Å². The molecule has 228 valence electrons. The van der Waals surface area contributed by atoms with Gasteiger partial charge in [-0.15, -0.1) is 0 Å². The zero-order chi connectivity index (χ0) is 31.9. The maximum atomic E-state index is 12.8. The number of amides is 1. The first-order chi connectivity index (χ1) is 21.7. The minimum Gasteiger partial charge on any atom is -0.497 e. The average Bonchev–Trinajstić information content (AvgIpc) is 3.04. The topological polar surface area (TPSA) is 153 Å². The number of hydrogen-bond donors (Lipinski definition) is 2. The maximum absolute atomic E-state index is 12.8. The van der Waals surface area contributed by atoms with Gasteiger partial charge in [0, 0.05) is 49.2 Å². The van der Waals surface area contributed by atoms with Crippen LogP contribution in [0.4, 0.5) is 34.4 Å². The quantitative estimate of drug-likeness (QED) is 0.115. The van der Waals surface area contributed by atoms with Gasteiger partial charge in [0.25, 0.3) is 0 Å². The molecule has 0 aliphatic heterocycles. The van der Waals surface area contributed by atoms with Gasteiger partial charge < -0.3 is 19.7 Å². The molecular weight excluding hydrogens is 596 g/mol. The Morgan fingerprint density at radius 3 is 2.11 bits per heavy atom. The molecule has 0 radical (unpaired) electrons. The number of fused-ring (bicyclic) bond motifs is 1. The average molecular weight is 626 g/mol. The molecule has 14 heteroatoms. The number of nitrogens with one attached hydrogen (secondary N) is 1. The predicted molar refractivity (Wildman–Crippen MR) is 173 cm³/mol. The van der Waals surface area contributed by atoms with Crippen LogP contribution in [0, 0.1) is 0 Å². The standard InChI is InChI=1S/C31H28N8O5S/c1-38(2)23-14-12-20(13-15-23)31(40)36-37-35-21-8-7-9-24(16-21)39(45(41)42)30-29(33-27-10-5-6-11-28(27)34-30)32-22-17-25(43-3)19-26(18-22)44-4/h5-19,45H,1-4H3/p+1. The highest BCUT2D eigenvalue weighted by molar-refractivity contribution is 7.74. The SMILES string of the molecule is COc1cc(Nc2nc3ccccc3nc2N(c2cccc(N=[N+]=NC(=O)c3ccc(N(C)C)cc3)c2)[SH](=O)=O)cc(OC)c1. The molecule has 0 fully saturated rings. The second kappa shape index (κ2) is 13.6. The van der Waals surface area contributed by atoms with Gasteiger partial charge in [0.1, 0.15) is 11.5 Å². The maximum Gasteiger partial charge on any atom is 0.360 e. The van der Waals surface area contributed by atoms with E-state index in [4.69, 9.17) is 9.47 Å². The van der Waals surface area contributed by atoms with Crippen LogP contribution in [0.15, 0.2) is 101 Å². The highest BCUT2D eigenvalue weighted by Crippen LogP contribution is 2.36. The van der Waals surface area contributed by atoms with Crippen molar-refractivity contribution in [3.8, 4) is 11.5 Å². The van der Waals surface area contributed by atoms with E-state index in [0.717, 1.165) is 9.99 Å². The second-order valence-corrected chi connectivity index (χ2v) is 10.6. The number of hydrogen-bond acceptors (Lipinski definition) is 10. The molecule has 0 atom stereocenters. The Labute approximate surface area is 260 Å². The smallest absolute Gasteiger partial charge is 0.360 e. The van der Waals surface area contributed by atoms with Gasteiger partial charge >= 0.3 is 5.91 Å². The Balaban J connectivity index is 1.51. The van der Waals surface area contributed by atoms with Gasteiger partial charge in [-0.05, 0) is 54.6 Å². The van der Waals surface area contributed by atoms with Crippen LogP contribution >= 0.6 is 0 Å². The normalized spacial score (nSPS) is 10.6. The predicted octanol–water partition coefficient (Wildman–Crippen LogP) is 5.56. The number of benzene rings is 4. The van der Waals surface area contributed by atoms with Crippen LogP contribution in [0.5, 0.6) is 11.5 Å². The Morgan fingerprint density at radius 2 is 1.49 bits per heavy atom. The molecule has 1 N–H and O–H groups in total. The van der Waals surface area contributed by atoms with Crippen molar-refractivity contribution in [3.63, 3.8) is 0 Å². The summed E-state index contributed by atoms with van der Waals surface area (Å²) in [4.78, 5) is 27.4. The molecule has 0 aliphatic carbocycles. The Bertz CT molecular complexity index is 1980. The summed E-state index contributed by atoms with van der Waals surface area (Å²) in [6.07, 6.45) is 0. The van der Waals surface area contributed by atoms with Crippen molar-refractivity contribution < 1.29 is 22.7 Å². The molecule has 1 amide bonds. The molecule has 1 aromatic heterocycles. The van der Waals surface area contributed by atoms with E-state index in [9.17, 15) is 13.2 Å². The van der Waals surface area contributed by atoms with Crippen LogP contribution in [-0.4, -0.2) is 52.6 Å². The van der Waals surface area contributed by atoms with E-state index in [-0.39, 0.29) is 23.0 Å². The van der Waals surface area contributed by atoms with Gasteiger partial charge in [-0.1, -0.05) is 18.2 Å². The first-order valence-corrected chi connectivity index (χ1v) is 14.6. The lowest BCUT2D eigenvalue weighted by molar-refractivity contribution is 0.0992. The van der Waals surface area contributed by atoms with E-state index in [1.807, 2.05) is 25.1 Å². The number of aromatic nitrogens is 2. The summed E-state index contributed by atoms with van der Waals surface area (Å²) < 4.78 is 37.3. The molecule has 0 unspecified atom stereocenters. The van der Waals surface area contributed by atoms with Crippen LogP contribution in [0.1, 0.15) is 10.4 Å². The first-order valence-electron chi connectivity index (χ1n) is 13.5. The molecule has 13 nitrogen and oxygen atoms in total. The molecule has 0 aliphatic rings. The van der Waals surface area contributed by atoms with Crippen molar-refractivity contribution in [2.24, 2.45) is 10.2 Å².